The molecule has 0 saturated carbocycles. The zero-order valence-corrected chi connectivity index (χ0v) is 12.5. The Kier molecular flexibility index (Phi) is 2.82. The number of aryl methyl sites for hydroxylation is 1. The van der Waals surface area contributed by atoms with Gasteiger partial charge in [-0.3, -0.25) is 4.98 Å². The molecule has 3 nitrogen and oxygen atoms in total. The summed E-state index contributed by atoms with van der Waals surface area (Å²) in [5, 5.41) is 1.29. The second-order valence-corrected chi connectivity index (χ2v) is 6.05. The molecule has 0 spiro atoms. The van der Waals surface area contributed by atoms with Gasteiger partial charge in [-0.25, -0.2) is 0 Å². The number of hydrogen-bond donors (Lipinski definition) is 1. The third-order valence-electron chi connectivity index (χ3n) is 4.50. The van der Waals surface area contributed by atoms with Crippen LogP contribution in [0, 0.1) is 6.92 Å². The standard InChI is InChI=1S/C18H19N3/c1-12-8-20-17-10-19-9-16(18(12)17)14-3-4-15-11-21(2)6-5-13(15)7-14/h3-4,7-10,20H,5-6,11H2,1-2H3. The molecule has 3 heterocycles. The van der Waals surface area contributed by atoms with Gasteiger partial charge >= 0.3 is 0 Å². The van der Waals surface area contributed by atoms with Crippen LogP contribution in [0.4, 0.5) is 0 Å². The molecule has 0 fully saturated rings. The molecule has 0 saturated heterocycles. The zero-order chi connectivity index (χ0) is 14.4. The highest BCUT2D eigenvalue weighted by Gasteiger charge is 2.15. The molecule has 0 unspecified atom stereocenters. The fourth-order valence-electron chi connectivity index (χ4n) is 3.33. The fraction of sp³-hybridized carbons (Fsp3) is 0.278. The smallest absolute Gasteiger partial charge is 0.0649 e. The lowest BCUT2D eigenvalue weighted by Crippen LogP contribution is -2.26. The normalized spacial score (nSPS) is 15.3. The number of H-pyrrole nitrogens is 1. The minimum atomic E-state index is 1.06. The maximum atomic E-state index is 4.39. The van der Waals surface area contributed by atoms with E-state index in [1.807, 2.05) is 12.4 Å². The predicted octanol–water partition coefficient (Wildman–Crippen LogP) is 3.53. The van der Waals surface area contributed by atoms with E-state index >= 15 is 0 Å². The lowest BCUT2D eigenvalue weighted by molar-refractivity contribution is 0.313. The monoisotopic (exact) mass is 277 g/mol. The third kappa shape index (κ3) is 2.05. The van der Waals surface area contributed by atoms with Gasteiger partial charge in [0.2, 0.25) is 0 Å². The van der Waals surface area contributed by atoms with Gasteiger partial charge in [0, 0.05) is 36.4 Å². The Morgan fingerprint density at radius 1 is 1.19 bits per heavy atom. The van der Waals surface area contributed by atoms with Gasteiger partial charge in [-0.05, 0) is 42.6 Å². The van der Waals surface area contributed by atoms with Crippen molar-refractivity contribution >= 4 is 10.9 Å². The number of aromatic amines is 1. The highest BCUT2D eigenvalue weighted by Crippen LogP contribution is 2.32. The van der Waals surface area contributed by atoms with Crippen molar-refractivity contribution in [2.24, 2.45) is 0 Å². The van der Waals surface area contributed by atoms with Crippen molar-refractivity contribution < 1.29 is 0 Å². The molecule has 0 bridgehead atoms. The van der Waals surface area contributed by atoms with Crippen LogP contribution in [0.3, 0.4) is 0 Å². The molecule has 1 N–H and O–H groups in total. The number of fused-ring (bicyclic) bond motifs is 2. The molecule has 1 aliphatic heterocycles. The van der Waals surface area contributed by atoms with E-state index in [0.29, 0.717) is 0 Å². The minimum Gasteiger partial charge on any atom is -0.360 e. The second-order valence-electron chi connectivity index (χ2n) is 6.05. The topological polar surface area (TPSA) is 31.9 Å². The summed E-state index contributed by atoms with van der Waals surface area (Å²) in [6.45, 7) is 4.35. The van der Waals surface area contributed by atoms with Crippen LogP contribution in [0.15, 0.2) is 36.8 Å². The van der Waals surface area contributed by atoms with E-state index in [2.05, 4.69) is 53.2 Å². The van der Waals surface area contributed by atoms with Crippen LogP contribution in [-0.4, -0.2) is 28.5 Å². The third-order valence-corrected chi connectivity index (χ3v) is 4.50. The van der Waals surface area contributed by atoms with Crippen LogP contribution in [-0.2, 0) is 13.0 Å². The molecular formula is C18H19N3. The van der Waals surface area contributed by atoms with Crippen molar-refractivity contribution in [1.29, 1.82) is 0 Å². The van der Waals surface area contributed by atoms with Crippen molar-refractivity contribution in [2.75, 3.05) is 13.6 Å². The largest absolute Gasteiger partial charge is 0.360 e. The van der Waals surface area contributed by atoms with E-state index in [1.165, 1.54) is 33.2 Å². The minimum absolute atomic E-state index is 1.06. The average Bonchev–Trinajstić information content (AvgIpc) is 2.88. The maximum absolute atomic E-state index is 4.39. The molecule has 21 heavy (non-hydrogen) atoms. The molecule has 106 valence electrons. The predicted molar refractivity (Wildman–Crippen MR) is 86.3 cm³/mol. The Morgan fingerprint density at radius 2 is 2.10 bits per heavy atom. The summed E-state index contributed by atoms with van der Waals surface area (Å²) in [5.41, 5.74) is 7.84. The van der Waals surface area contributed by atoms with Gasteiger partial charge in [0.1, 0.15) is 0 Å². The van der Waals surface area contributed by atoms with Gasteiger partial charge in [0.05, 0.1) is 11.7 Å². The van der Waals surface area contributed by atoms with Crippen LogP contribution < -0.4 is 0 Å². The van der Waals surface area contributed by atoms with Gasteiger partial charge in [-0.1, -0.05) is 18.2 Å². The molecular weight excluding hydrogens is 258 g/mol. The van der Waals surface area contributed by atoms with Crippen molar-refractivity contribution in [2.45, 2.75) is 19.9 Å². The molecule has 0 atom stereocenters. The Hall–Kier alpha value is -2.13. The summed E-state index contributed by atoms with van der Waals surface area (Å²) >= 11 is 0. The Bertz CT molecular complexity index is 816. The Labute approximate surface area is 124 Å². The summed E-state index contributed by atoms with van der Waals surface area (Å²) in [5.74, 6) is 0. The lowest BCUT2D eigenvalue weighted by Gasteiger charge is -2.25. The van der Waals surface area contributed by atoms with Gasteiger partial charge in [-0.15, -0.1) is 0 Å². The van der Waals surface area contributed by atoms with Gasteiger partial charge in [-0.2, -0.15) is 0 Å². The molecule has 3 heteroatoms. The molecule has 1 aromatic carbocycles. The van der Waals surface area contributed by atoms with E-state index in [0.717, 1.165) is 25.0 Å². The number of rotatable bonds is 1. The van der Waals surface area contributed by atoms with Gasteiger partial charge in [0.25, 0.3) is 0 Å². The number of pyridine rings is 1. The first-order valence-electron chi connectivity index (χ1n) is 7.45. The molecule has 4 rings (SSSR count). The summed E-state index contributed by atoms with van der Waals surface area (Å²) in [4.78, 5) is 10.1. The van der Waals surface area contributed by atoms with Crippen LogP contribution in [0.2, 0.25) is 0 Å². The van der Waals surface area contributed by atoms with E-state index < -0.39 is 0 Å². The fourth-order valence-corrected chi connectivity index (χ4v) is 3.33. The van der Waals surface area contributed by atoms with Crippen LogP contribution in [0.5, 0.6) is 0 Å². The van der Waals surface area contributed by atoms with Gasteiger partial charge in [0.15, 0.2) is 0 Å². The lowest BCUT2D eigenvalue weighted by atomic mass is 9.94. The van der Waals surface area contributed by atoms with Gasteiger partial charge < -0.3 is 9.88 Å². The maximum Gasteiger partial charge on any atom is 0.0649 e. The quantitative estimate of drug-likeness (QED) is 0.738. The second kappa shape index (κ2) is 4.71. The molecule has 0 amide bonds. The Morgan fingerprint density at radius 3 is 3.00 bits per heavy atom. The summed E-state index contributed by atoms with van der Waals surface area (Å²) < 4.78 is 0. The van der Waals surface area contributed by atoms with Crippen molar-refractivity contribution in [3.05, 3.63) is 53.5 Å². The Balaban J connectivity index is 1.88. The summed E-state index contributed by atoms with van der Waals surface area (Å²) in [7, 11) is 2.19. The first-order chi connectivity index (χ1) is 10.2. The molecule has 0 radical (unpaired) electrons. The van der Waals surface area contributed by atoms with Crippen molar-refractivity contribution in [1.82, 2.24) is 14.9 Å². The number of aromatic nitrogens is 2. The highest BCUT2D eigenvalue weighted by molar-refractivity contribution is 5.96. The number of nitrogens with one attached hydrogen (secondary N) is 1. The van der Waals surface area contributed by atoms with Crippen LogP contribution >= 0.6 is 0 Å². The number of benzene rings is 1. The number of hydrogen-bond acceptors (Lipinski definition) is 2. The van der Waals surface area contributed by atoms with Crippen LogP contribution in [0.1, 0.15) is 16.7 Å². The summed E-state index contributed by atoms with van der Waals surface area (Å²) in [6, 6.07) is 6.87. The van der Waals surface area contributed by atoms with E-state index in [4.69, 9.17) is 0 Å². The molecule has 1 aliphatic rings. The molecule has 3 aromatic rings. The first-order valence-corrected chi connectivity index (χ1v) is 7.45. The number of likely N-dealkylation sites (N-methyl/N-ethyl adjacent to an activating group) is 1. The summed E-state index contributed by atoms with van der Waals surface area (Å²) in [6.07, 6.45) is 7.08. The average molecular weight is 277 g/mol. The zero-order valence-electron chi connectivity index (χ0n) is 12.5. The molecule has 2 aromatic heterocycles. The number of nitrogens with zero attached hydrogens (tertiary/aromatic N) is 2. The SMILES string of the molecule is Cc1c[nH]c2cncc(-c3ccc4c(c3)CCN(C)C4)c12. The van der Waals surface area contributed by atoms with Crippen molar-refractivity contribution in [3.8, 4) is 11.1 Å². The first kappa shape index (κ1) is 12.6. The van der Waals surface area contributed by atoms with E-state index in [1.54, 1.807) is 0 Å². The van der Waals surface area contributed by atoms with E-state index in [-0.39, 0.29) is 0 Å². The van der Waals surface area contributed by atoms with E-state index in [9.17, 15) is 0 Å². The highest BCUT2D eigenvalue weighted by atomic mass is 15.1. The molecule has 0 aliphatic carbocycles. The van der Waals surface area contributed by atoms with Crippen LogP contribution in [0.25, 0.3) is 22.0 Å². The van der Waals surface area contributed by atoms with Crippen molar-refractivity contribution in [3.63, 3.8) is 0 Å².